The summed E-state index contributed by atoms with van der Waals surface area (Å²) in [4.78, 5) is 0. The van der Waals surface area contributed by atoms with E-state index in [2.05, 4.69) is 36.6 Å². The van der Waals surface area contributed by atoms with E-state index in [0.29, 0.717) is 24.3 Å². The van der Waals surface area contributed by atoms with Crippen LogP contribution < -0.4 is 0 Å². The lowest BCUT2D eigenvalue weighted by Crippen LogP contribution is -2.29. The van der Waals surface area contributed by atoms with Crippen molar-refractivity contribution in [2.45, 2.75) is 64.2 Å². The standard InChI is InChI=1S/C31H34F2/c1-3-5-6-7-29-30(32)19-24(20-31(29)33)9-8-23-11-13-25(14-12-23)27-17-16-26-18-22(4-2)10-15-28(26)21-27/h3-5,11-14,19-20,22,26-28H,2,6-7,10,15-18,21H2,1H3/b5-3+. The molecule has 2 aliphatic rings. The molecule has 172 valence electrons. The van der Waals surface area contributed by atoms with E-state index >= 15 is 0 Å². The van der Waals surface area contributed by atoms with Gasteiger partial charge in [-0.25, -0.2) is 8.78 Å². The Morgan fingerprint density at radius 2 is 1.58 bits per heavy atom. The van der Waals surface area contributed by atoms with E-state index < -0.39 is 11.6 Å². The predicted molar refractivity (Wildman–Crippen MR) is 133 cm³/mol. The molecule has 2 saturated carbocycles. The van der Waals surface area contributed by atoms with Crippen LogP contribution >= 0.6 is 0 Å². The SMILES string of the molecule is C=CC1CCC2CC(c3ccc(C#Cc4cc(F)c(CC/C=C/C)c(F)c4)cc3)CCC2C1. The van der Waals surface area contributed by atoms with Crippen molar-refractivity contribution < 1.29 is 8.78 Å². The summed E-state index contributed by atoms with van der Waals surface area (Å²) < 4.78 is 28.7. The largest absolute Gasteiger partial charge is 0.207 e. The van der Waals surface area contributed by atoms with Crippen LogP contribution in [0, 0.1) is 41.2 Å². The maximum absolute atomic E-state index is 14.3. The Bertz CT molecular complexity index is 1030. The highest BCUT2D eigenvalue weighted by molar-refractivity contribution is 5.45. The van der Waals surface area contributed by atoms with Gasteiger partial charge in [0.1, 0.15) is 11.6 Å². The second kappa shape index (κ2) is 11.0. The van der Waals surface area contributed by atoms with Crippen molar-refractivity contribution in [1.82, 2.24) is 0 Å². The minimum Gasteiger partial charge on any atom is -0.207 e. The van der Waals surface area contributed by atoms with Gasteiger partial charge in [-0.05, 0) is 112 Å². The van der Waals surface area contributed by atoms with E-state index in [9.17, 15) is 8.78 Å². The van der Waals surface area contributed by atoms with Crippen molar-refractivity contribution >= 4 is 0 Å². The van der Waals surface area contributed by atoms with E-state index in [1.54, 1.807) is 0 Å². The van der Waals surface area contributed by atoms with Crippen LogP contribution in [0.15, 0.2) is 61.2 Å². The number of hydrogen-bond acceptors (Lipinski definition) is 0. The Hall–Kier alpha value is -2.66. The van der Waals surface area contributed by atoms with Gasteiger partial charge in [-0.15, -0.1) is 6.58 Å². The molecule has 2 aromatic rings. The van der Waals surface area contributed by atoms with Crippen LogP contribution in [0.1, 0.15) is 80.0 Å². The zero-order valence-electron chi connectivity index (χ0n) is 19.6. The molecule has 4 unspecified atom stereocenters. The van der Waals surface area contributed by atoms with Crippen LogP contribution in [0.2, 0.25) is 0 Å². The Labute approximate surface area is 197 Å². The number of allylic oxidation sites excluding steroid dienone is 3. The highest BCUT2D eigenvalue weighted by Gasteiger charge is 2.35. The summed E-state index contributed by atoms with van der Waals surface area (Å²) in [5, 5.41) is 0. The molecule has 33 heavy (non-hydrogen) atoms. The second-order valence-electron chi connectivity index (χ2n) is 9.74. The molecule has 4 atom stereocenters. The molecule has 0 spiro atoms. The van der Waals surface area contributed by atoms with Crippen LogP contribution in [-0.2, 0) is 6.42 Å². The average molecular weight is 445 g/mol. The van der Waals surface area contributed by atoms with Crippen LogP contribution in [0.25, 0.3) is 0 Å². The summed E-state index contributed by atoms with van der Waals surface area (Å²) in [6.07, 6.45) is 14.8. The van der Waals surface area contributed by atoms with E-state index in [-0.39, 0.29) is 5.56 Å². The first-order valence-corrected chi connectivity index (χ1v) is 12.4. The minimum absolute atomic E-state index is 0.135. The zero-order chi connectivity index (χ0) is 23.2. The fourth-order valence-electron chi connectivity index (χ4n) is 5.73. The van der Waals surface area contributed by atoms with Crippen LogP contribution in [0.3, 0.4) is 0 Å². The number of hydrogen-bond donors (Lipinski definition) is 0. The molecule has 0 nitrogen and oxygen atoms in total. The number of benzene rings is 2. The fourth-order valence-corrected chi connectivity index (χ4v) is 5.73. The lowest BCUT2D eigenvalue weighted by atomic mass is 9.64. The van der Waals surface area contributed by atoms with Crippen molar-refractivity contribution in [2.24, 2.45) is 17.8 Å². The van der Waals surface area contributed by atoms with Gasteiger partial charge in [0, 0.05) is 16.7 Å². The summed E-state index contributed by atoms with van der Waals surface area (Å²) in [7, 11) is 0. The number of rotatable bonds is 5. The molecule has 0 radical (unpaired) electrons. The van der Waals surface area contributed by atoms with Gasteiger partial charge in [-0.3, -0.25) is 0 Å². The van der Waals surface area contributed by atoms with Gasteiger partial charge in [0.05, 0.1) is 0 Å². The van der Waals surface area contributed by atoms with Gasteiger partial charge in [-0.1, -0.05) is 42.2 Å². The third-order valence-electron chi connectivity index (χ3n) is 7.66. The average Bonchev–Trinajstić information content (AvgIpc) is 2.84. The van der Waals surface area contributed by atoms with Crippen molar-refractivity contribution in [1.29, 1.82) is 0 Å². The Kier molecular flexibility index (Phi) is 7.81. The quantitative estimate of drug-likeness (QED) is 0.321. The number of halogens is 2. The summed E-state index contributed by atoms with van der Waals surface area (Å²) >= 11 is 0. The molecular formula is C31H34F2. The molecular weight excluding hydrogens is 410 g/mol. The molecule has 0 heterocycles. The first-order valence-electron chi connectivity index (χ1n) is 12.4. The smallest absolute Gasteiger partial charge is 0.130 e. The normalized spacial score (nSPS) is 24.7. The first-order chi connectivity index (χ1) is 16.1. The van der Waals surface area contributed by atoms with E-state index in [4.69, 9.17) is 0 Å². The molecule has 2 aliphatic carbocycles. The lowest BCUT2D eigenvalue weighted by molar-refractivity contribution is 0.133. The van der Waals surface area contributed by atoms with Crippen molar-refractivity contribution in [3.8, 4) is 11.8 Å². The summed E-state index contributed by atoms with van der Waals surface area (Å²) in [5.41, 5.74) is 2.78. The molecule has 2 heteroatoms. The molecule has 2 aromatic carbocycles. The third-order valence-corrected chi connectivity index (χ3v) is 7.66. The molecule has 0 N–H and O–H groups in total. The van der Waals surface area contributed by atoms with Gasteiger partial charge < -0.3 is 0 Å². The molecule has 0 saturated heterocycles. The molecule has 0 aliphatic heterocycles. The Morgan fingerprint density at radius 1 is 0.909 bits per heavy atom. The van der Waals surface area contributed by atoms with Crippen molar-refractivity contribution in [2.75, 3.05) is 0 Å². The highest BCUT2D eigenvalue weighted by Crippen LogP contribution is 2.47. The van der Waals surface area contributed by atoms with Gasteiger partial charge >= 0.3 is 0 Å². The second-order valence-corrected chi connectivity index (χ2v) is 9.74. The van der Waals surface area contributed by atoms with E-state index in [0.717, 1.165) is 23.3 Å². The van der Waals surface area contributed by atoms with Gasteiger partial charge in [0.2, 0.25) is 0 Å². The summed E-state index contributed by atoms with van der Waals surface area (Å²) in [6, 6.07) is 11.2. The minimum atomic E-state index is -0.517. The Balaban J connectivity index is 1.39. The number of fused-ring (bicyclic) bond motifs is 1. The lowest BCUT2D eigenvalue weighted by Gasteiger charge is -2.41. The predicted octanol–water partition coefficient (Wildman–Crippen LogP) is 8.36. The highest BCUT2D eigenvalue weighted by atomic mass is 19.1. The fraction of sp³-hybridized carbons (Fsp3) is 0.419. The molecule has 2 fully saturated rings. The molecule has 0 amide bonds. The molecule has 4 rings (SSSR count). The van der Waals surface area contributed by atoms with E-state index in [1.807, 2.05) is 31.2 Å². The topological polar surface area (TPSA) is 0 Å². The third kappa shape index (κ3) is 5.83. The summed E-state index contributed by atoms with van der Waals surface area (Å²) in [5.74, 6) is 8.04. The summed E-state index contributed by atoms with van der Waals surface area (Å²) in [6.45, 7) is 5.90. The maximum atomic E-state index is 14.3. The monoisotopic (exact) mass is 444 g/mol. The Morgan fingerprint density at radius 3 is 2.27 bits per heavy atom. The molecule has 0 bridgehead atoms. The van der Waals surface area contributed by atoms with Crippen LogP contribution in [0.5, 0.6) is 0 Å². The van der Waals surface area contributed by atoms with Gasteiger partial charge in [0.15, 0.2) is 0 Å². The maximum Gasteiger partial charge on any atom is 0.130 e. The van der Waals surface area contributed by atoms with Gasteiger partial charge in [-0.2, -0.15) is 0 Å². The van der Waals surface area contributed by atoms with Crippen LogP contribution in [-0.4, -0.2) is 0 Å². The van der Waals surface area contributed by atoms with Crippen molar-refractivity contribution in [3.63, 3.8) is 0 Å². The molecule has 0 aromatic heterocycles. The first kappa shape index (κ1) is 23.5. The van der Waals surface area contributed by atoms with E-state index in [1.165, 1.54) is 56.2 Å². The van der Waals surface area contributed by atoms with Crippen molar-refractivity contribution in [3.05, 3.63) is 95.1 Å². The van der Waals surface area contributed by atoms with Crippen LogP contribution in [0.4, 0.5) is 8.78 Å². The zero-order valence-corrected chi connectivity index (χ0v) is 19.6. The van der Waals surface area contributed by atoms with Gasteiger partial charge in [0.25, 0.3) is 0 Å².